The Morgan fingerprint density at radius 2 is 1.97 bits per heavy atom. The largest absolute Gasteiger partial charge is 0.353 e. The molecule has 1 saturated heterocycles. The van der Waals surface area contributed by atoms with Crippen molar-refractivity contribution in [1.82, 2.24) is 15.6 Å². The van der Waals surface area contributed by atoms with Crippen LogP contribution in [0.25, 0.3) is 10.9 Å². The van der Waals surface area contributed by atoms with E-state index in [2.05, 4.69) is 33.8 Å². The molecule has 1 aromatic heterocycles. The number of fused-ring (bicyclic) bond motifs is 5. The lowest BCUT2D eigenvalue weighted by Gasteiger charge is -2.48. The fourth-order valence-corrected chi connectivity index (χ4v) is 5.49. The number of H-pyrrole nitrogens is 1. The summed E-state index contributed by atoms with van der Waals surface area (Å²) < 4.78 is 0. The molecular formula is C23H20N4O2. The molecule has 1 spiro atoms. The van der Waals surface area contributed by atoms with E-state index in [1.165, 1.54) is 17.9 Å². The first-order chi connectivity index (χ1) is 14.1. The monoisotopic (exact) mass is 384 g/mol. The molecule has 6 nitrogen and oxygen atoms in total. The summed E-state index contributed by atoms with van der Waals surface area (Å²) in [6.45, 7) is 1.45. The van der Waals surface area contributed by atoms with Crippen molar-refractivity contribution >= 4 is 34.1 Å². The number of aromatic nitrogens is 1. The van der Waals surface area contributed by atoms with E-state index < -0.39 is 11.5 Å². The van der Waals surface area contributed by atoms with E-state index in [0.29, 0.717) is 6.42 Å². The Morgan fingerprint density at radius 3 is 2.83 bits per heavy atom. The van der Waals surface area contributed by atoms with Gasteiger partial charge in [-0.1, -0.05) is 36.4 Å². The summed E-state index contributed by atoms with van der Waals surface area (Å²) in [5, 5.41) is 7.24. The molecule has 29 heavy (non-hydrogen) atoms. The lowest BCUT2D eigenvalue weighted by Crippen LogP contribution is -2.67. The molecule has 0 radical (unpaired) electrons. The van der Waals surface area contributed by atoms with Crippen molar-refractivity contribution < 1.29 is 9.59 Å². The van der Waals surface area contributed by atoms with Crippen LogP contribution in [-0.4, -0.2) is 34.6 Å². The van der Waals surface area contributed by atoms with E-state index in [0.717, 1.165) is 34.6 Å². The van der Waals surface area contributed by atoms with Gasteiger partial charge in [-0.2, -0.15) is 0 Å². The zero-order valence-electron chi connectivity index (χ0n) is 16.0. The number of nitrogens with zero attached hydrogens (tertiary/aromatic N) is 1. The molecular weight excluding hydrogens is 364 g/mol. The van der Waals surface area contributed by atoms with Gasteiger partial charge in [-0.15, -0.1) is 0 Å². The minimum absolute atomic E-state index is 0.103. The number of benzene rings is 2. The SMILES string of the molecule is CC(=O)N[C@H]1CC23C(=Nc4ccccc42)c2[nH]c4ccccc4c2CC3NC1=O. The summed E-state index contributed by atoms with van der Waals surface area (Å²) in [7, 11) is 0. The van der Waals surface area contributed by atoms with Crippen molar-refractivity contribution in [2.75, 3.05) is 0 Å². The zero-order chi connectivity index (χ0) is 19.8. The van der Waals surface area contributed by atoms with Crippen molar-refractivity contribution in [3.63, 3.8) is 0 Å². The van der Waals surface area contributed by atoms with Crippen LogP contribution in [0.3, 0.4) is 0 Å². The van der Waals surface area contributed by atoms with E-state index in [1.54, 1.807) is 0 Å². The molecule has 2 amide bonds. The van der Waals surface area contributed by atoms with Gasteiger partial charge in [0.2, 0.25) is 11.8 Å². The van der Waals surface area contributed by atoms with Gasteiger partial charge in [0, 0.05) is 23.9 Å². The van der Waals surface area contributed by atoms with E-state index in [9.17, 15) is 9.59 Å². The Hall–Kier alpha value is -3.41. The van der Waals surface area contributed by atoms with Gasteiger partial charge in [-0.05, 0) is 36.1 Å². The molecule has 3 atom stereocenters. The van der Waals surface area contributed by atoms with Gasteiger partial charge in [-0.3, -0.25) is 9.59 Å². The minimum atomic E-state index is -0.578. The third-order valence-electron chi connectivity index (χ3n) is 6.63. The summed E-state index contributed by atoms with van der Waals surface area (Å²) in [4.78, 5) is 33.2. The fraction of sp³-hybridized carbons (Fsp3) is 0.261. The van der Waals surface area contributed by atoms with Crippen LogP contribution in [-0.2, 0) is 21.4 Å². The number of rotatable bonds is 1. The first-order valence-electron chi connectivity index (χ1n) is 9.94. The molecule has 144 valence electrons. The molecule has 2 aromatic carbocycles. The number of para-hydroxylation sites is 2. The minimum Gasteiger partial charge on any atom is -0.353 e. The Balaban J connectivity index is 1.61. The highest BCUT2D eigenvalue weighted by Crippen LogP contribution is 2.52. The zero-order valence-corrected chi connectivity index (χ0v) is 16.0. The Labute approximate surface area is 167 Å². The van der Waals surface area contributed by atoms with Gasteiger partial charge in [0.05, 0.1) is 22.5 Å². The Bertz CT molecular complexity index is 1240. The van der Waals surface area contributed by atoms with Crippen molar-refractivity contribution in [3.8, 4) is 0 Å². The van der Waals surface area contributed by atoms with Crippen molar-refractivity contribution in [2.24, 2.45) is 4.99 Å². The third kappa shape index (κ3) is 2.08. The van der Waals surface area contributed by atoms with Gasteiger partial charge in [0.25, 0.3) is 0 Å². The third-order valence-corrected chi connectivity index (χ3v) is 6.63. The maximum Gasteiger partial charge on any atom is 0.242 e. The van der Waals surface area contributed by atoms with Crippen molar-refractivity contribution in [3.05, 3.63) is 65.4 Å². The summed E-state index contributed by atoms with van der Waals surface area (Å²) in [5.41, 5.74) is 5.91. The first-order valence-corrected chi connectivity index (χ1v) is 9.94. The van der Waals surface area contributed by atoms with Crippen LogP contribution in [0.2, 0.25) is 0 Å². The number of nitrogens with one attached hydrogen (secondary N) is 3. The molecule has 2 aliphatic heterocycles. The van der Waals surface area contributed by atoms with Crippen molar-refractivity contribution in [2.45, 2.75) is 37.3 Å². The van der Waals surface area contributed by atoms with E-state index in [-0.39, 0.29) is 17.9 Å². The molecule has 6 heteroatoms. The maximum absolute atomic E-state index is 12.8. The van der Waals surface area contributed by atoms with Crippen LogP contribution in [0.4, 0.5) is 5.69 Å². The van der Waals surface area contributed by atoms with Gasteiger partial charge >= 0.3 is 0 Å². The second-order valence-electron chi connectivity index (χ2n) is 8.20. The lowest BCUT2D eigenvalue weighted by molar-refractivity contribution is -0.131. The average Bonchev–Trinajstić information content (AvgIpc) is 3.23. The first kappa shape index (κ1) is 16.5. The standard InChI is InChI=1S/C23H20N4O2/c1-12(28)24-18-11-23-15-7-3-5-9-17(15)26-21(23)20-14(10-19(23)27-22(18)29)13-6-2-4-8-16(13)25-20/h2-9,18-19,25H,10-11H2,1H3,(H,24,28)(H,27,29)/t18-,19?,23?/m0/s1. The predicted octanol–water partition coefficient (Wildman–Crippen LogP) is 2.49. The molecule has 0 saturated carbocycles. The number of aromatic amines is 1. The number of hydrogen-bond donors (Lipinski definition) is 3. The van der Waals surface area contributed by atoms with E-state index in [4.69, 9.17) is 4.99 Å². The Morgan fingerprint density at radius 1 is 1.17 bits per heavy atom. The number of aliphatic imine (C=N–C) groups is 1. The topological polar surface area (TPSA) is 86.3 Å². The fourth-order valence-electron chi connectivity index (χ4n) is 5.49. The maximum atomic E-state index is 12.8. The van der Waals surface area contributed by atoms with Crippen LogP contribution in [0.15, 0.2) is 53.5 Å². The summed E-state index contributed by atoms with van der Waals surface area (Å²) in [6.07, 6.45) is 1.24. The van der Waals surface area contributed by atoms with Crippen molar-refractivity contribution in [1.29, 1.82) is 0 Å². The summed E-state index contributed by atoms with van der Waals surface area (Å²) in [5.74, 6) is -0.324. The smallest absolute Gasteiger partial charge is 0.242 e. The molecule has 3 N–H and O–H groups in total. The van der Waals surface area contributed by atoms with Crippen LogP contribution < -0.4 is 10.6 Å². The molecule has 1 aliphatic carbocycles. The van der Waals surface area contributed by atoms with Crippen LogP contribution >= 0.6 is 0 Å². The molecule has 1 fully saturated rings. The highest BCUT2D eigenvalue weighted by Gasteiger charge is 2.58. The second-order valence-corrected chi connectivity index (χ2v) is 8.20. The molecule has 6 rings (SSSR count). The molecule has 3 aliphatic rings. The quantitative estimate of drug-likeness (QED) is 0.602. The van der Waals surface area contributed by atoms with Crippen LogP contribution in [0.1, 0.15) is 30.2 Å². The van der Waals surface area contributed by atoms with Crippen LogP contribution in [0.5, 0.6) is 0 Å². The molecule has 2 unspecified atom stereocenters. The molecule has 3 heterocycles. The number of amides is 2. The normalized spacial score (nSPS) is 26.7. The molecule has 3 aromatic rings. The average molecular weight is 384 g/mol. The number of carbonyl (C=O) groups is 2. The van der Waals surface area contributed by atoms with E-state index in [1.807, 2.05) is 30.3 Å². The molecule has 0 bridgehead atoms. The highest BCUT2D eigenvalue weighted by molar-refractivity contribution is 6.17. The van der Waals surface area contributed by atoms with Gasteiger partial charge in [0.15, 0.2) is 0 Å². The van der Waals surface area contributed by atoms with Gasteiger partial charge in [0.1, 0.15) is 6.04 Å². The van der Waals surface area contributed by atoms with Gasteiger partial charge in [-0.25, -0.2) is 4.99 Å². The number of hydrogen-bond acceptors (Lipinski definition) is 3. The summed E-state index contributed by atoms with van der Waals surface area (Å²) in [6, 6.07) is 15.7. The summed E-state index contributed by atoms with van der Waals surface area (Å²) >= 11 is 0. The predicted molar refractivity (Wildman–Crippen MR) is 110 cm³/mol. The lowest BCUT2D eigenvalue weighted by atomic mass is 9.60. The second kappa shape index (κ2) is 5.56. The number of carbonyl (C=O) groups excluding carboxylic acids is 2. The number of piperidine rings is 1. The van der Waals surface area contributed by atoms with E-state index >= 15 is 0 Å². The Kier molecular flexibility index (Phi) is 3.17. The van der Waals surface area contributed by atoms with Gasteiger partial charge < -0.3 is 15.6 Å². The highest BCUT2D eigenvalue weighted by atomic mass is 16.2. The van der Waals surface area contributed by atoms with Crippen LogP contribution in [0, 0.1) is 0 Å².